The van der Waals surface area contributed by atoms with E-state index >= 15 is 0 Å². The first-order valence-corrected chi connectivity index (χ1v) is 8.51. The third kappa shape index (κ3) is 4.52. The molecule has 2 heterocycles. The Morgan fingerprint density at radius 3 is 2.71 bits per heavy atom. The van der Waals surface area contributed by atoms with Crippen LogP contribution < -0.4 is 4.72 Å². The smallest absolute Gasteiger partial charge is 0.244 e. The van der Waals surface area contributed by atoms with E-state index in [-0.39, 0.29) is 17.3 Å². The van der Waals surface area contributed by atoms with Crippen LogP contribution in [0.3, 0.4) is 0 Å². The van der Waals surface area contributed by atoms with Gasteiger partial charge in [-0.3, -0.25) is 4.90 Å². The predicted octanol–water partition coefficient (Wildman–Crippen LogP) is 0.0809. The van der Waals surface area contributed by atoms with Gasteiger partial charge in [-0.25, -0.2) is 13.1 Å². The van der Waals surface area contributed by atoms with Gasteiger partial charge in [0.25, 0.3) is 0 Å². The molecule has 1 aromatic rings. The molecule has 1 aromatic heterocycles. The van der Waals surface area contributed by atoms with Gasteiger partial charge < -0.3 is 14.3 Å². The zero-order chi connectivity index (χ0) is 15.3. The summed E-state index contributed by atoms with van der Waals surface area (Å²) >= 11 is 0. The highest BCUT2D eigenvalue weighted by molar-refractivity contribution is 7.89. The average molecular weight is 318 g/mol. The van der Waals surface area contributed by atoms with E-state index in [0.717, 1.165) is 39.3 Å². The number of sulfonamides is 1. The Morgan fingerprint density at radius 1 is 1.38 bits per heavy atom. The summed E-state index contributed by atoms with van der Waals surface area (Å²) in [6.07, 6.45) is 0.739. The molecular weight excluding hydrogens is 296 g/mol. The molecule has 0 unspecified atom stereocenters. The van der Waals surface area contributed by atoms with Crippen LogP contribution in [0.5, 0.6) is 0 Å². The number of aliphatic hydroxyl groups is 1. The van der Waals surface area contributed by atoms with Crippen LogP contribution in [0.4, 0.5) is 0 Å². The molecule has 0 radical (unpaired) electrons. The molecular formula is C13H22N2O5S. The molecule has 0 bridgehead atoms. The molecule has 1 aliphatic heterocycles. The molecule has 1 saturated heterocycles. The zero-order valence-corrected chi connectivity index (χ0v) is 13.0. The summed E-state index contributed by atoms with van der Waals surface area (Å²) in [6.45, 7) is 5.75. The van der Waals surface area contributed by atoms with E-state index in [1.165, 1.54) is 6.07 Å². The van der Waals surface area contributed by atoms with Crippen molar-refractivity contribution in [3.63, 3.8) is 0 Å². The number of nitrogens with one attached hydrogen (secondary N) is 1. The maximum absolute atomic E-state index is 12.1. The second-order valence-electron chi connectivity index (χ2n) is 5.00. The van der Waals surface area contributed by atoms with Crippen LogP contribution in [0.25, 0.3) is 0 Å². The first-order valence-electron chi connectivity index (χ1n) is 7.03. The van der Waals surface area contributed by atoms with Crippen molar-refractivity contribution in [3.8, 4) is 0 Å². The molecule has 0 saturated carbocycles. The minimum Gasteiger partial charge on any atom is -0.462 e. The van der Waals surface area contributed by atoms with Crippen LogP contribution >= 0.6 is 0 Å². The lowest BCUT2D eigenvalue weighted by atomic mass is 10.3. The van der Waals surface area contributed by atoms with E-state index in [2.05, 4.69) is 9.62 Å². The Labute approximate surface area is 124 Å². The highest BCUT2D eigenvalue weighted by atomic mass is 32.2. The first kappa shape index (κ1) is 16.4. The van der Waals surface area contributed by atoms with Crippen LogP contribution in [0.15, 0.2) is 15.4 Å². The SMILES string of the molecule is Cc1oc(CO)cc1S(=O)(=O)NCCCN1CCOCC1. The molecule has 120 valence electrons. The third-order valence-electron chi connectivity index (χ3n) is 3.42. The van der Waals surface area contributed by atoms with Crippen molar-refractivity contribution >= 4 is 10.0 Å². The molecule has 7 nitrogen and oxygen atoms in total. The Hall–Kier alpha value is -0.930. The van der Waals surface area contributed by atoms with Gasteiger partial charge in [0.2, 0.25) is 10.0 Å². The molecule has 0 aromatic carbocycles. The molecule has 2 rings (SSSR count). The van der Waals surface area contributed by atoms with E-state index < -0.39 is 10.0 Å². The van der Waals surface area contributed by atoms with Crippen molar-refractivity contribution < 1.29 is 22.7 Å². The molecule has 1 aliphatic rings. The van der Waals surface area contributed by atoms with Gasteiger partial charge in [-0.2, -0.15) is 0 Å². The largest absolute Gasteiger partial charge is 0.462 e. The lowest BCUT2D eigenvalue weighted by Crippen LogP contribution is -2.38. The summed E-state index contributed by atoms with van der Waals surface area (Å²) < 4.78 is 37.3. The quantitative estimate of drug-likeness (QED) is 0.692. The molecule has 21 heavy (non-hydrogen) atoms. The van der Waals surface area contributed by atoms with Crippen molar-refractivity contribution in [1.82, 2.24) is 9.62 Å². The highest BCUT2D eigenvalue weighted by Gasteiger charge is 2.21. The number of hydrogen-bond donors (Lipinski definition) is 2. The van der Waals surface area contributed by atoms with Gasteiger partial charge in [-0.1, -0.05) is 0 Å². The summed E-state index contributed by atoms with van der Waals surface area (Å²) in [5, 5.41) is 8.97. The summed E-state index contributed by atoms with van der Waals surface area (Å²) in [7, 11) is -3.58. The Balaban J connectivity index is 1.82. The molecule has 1 fully saturated rings. The van der Waals surface area contributed by atoms with E-state index in [0.29, 0.717) is 12.3 Å². The standard InChI is InChI=1S/C13H22N2O5S/c1-11-13(9-12(10-16)20-11)21(17,18)14-3-2-4-15-5-7-19-8-6-15/h9,14,16H,2-8,10H2,1H3. The van der Waals surface area contributed by atoms with Crippen LogP contribution in [0, 0.1) is 6.92 Å². The van der Waals surface area contributed by atoms with E-state index in [4.69, 9.17) is 14.3 Å². The lowest BCUT2D eigenvalue weighted by Gasteiger charge is -2.26. The van der Waals surface area contributed by atoms with Gasteiger partial charge in [0.1, 0.15) is 23.0 Å². The maximum Gasteiger partial charge on any atom is 0.244 e. The predicted molar refractivity (Wildman–Crippen MR) is 76.4 cm³/mol. The molecule has 0 amide bonds. The fourth-order valence-corrected chi connectivity index (χ4v) is 3.56. The van der Waals surface area contributed by atoms with Gasteiger partial charge in [0, 0.05) is 25.7 Å². The van der Waals surface area contributed by atoms with Gasteiger partial charge in [0.05, 0.1) is 13.2 Å². The minimum absolute atomic E-state index is 0.0953. The number of aliphatic hydroxyl groups excluding tert-OH is 1. The van der Waals surface area contributed by atoms with Gasteiger partial charge in [-0.15, -0.1) is 0 Å². The molecule has 0 atom stereocenters. The topological polar surface area (TPSA) is 92.0 Å². The van der Waals surface area contributed by atoms with Crippen LogP contribution in [0.1, 0.15) is 17.9 Å². The summed E-state index contributed by atoms with van der Waals surface area (Å²) in [6, 6.07) is 1.36. The van der Waals surface area contributed by atoms with E-state index in [1.54, 1.807) is 6.92 Å². The number of furan rings is 1. The normalized spacial score (nSPS) is 17.2. The van der Waals surface area contributed by atoms with Gasteiger partial charge >= 0.3 is 0 Å². The Morgan fingerprint density at radius 2 is 2.10 bits per heavy atom. The highest BCUT2D eigenvalue weighted by Crippen LogP contribution is 2.19. The fourth-order valence-electron chi connectivity index (χ4n) is 2.28. The number of ether oxygens (including phenoxy) is 1. The van der Waals surface area contributed by atoms with Gasteiger partial charge in [0.15, 0.2) is 0 Å². The Bertz CT molecular complexity index is 549. The number of aryl methyl sites for hydroxylation is 1. The first-order chi connectivity index (χ1) is 10.0. The molecule has 0 aliphatic carbocycles. The molecule has 8 heteroatoms. The second-order valence-corrected chi connectivity index (χ2v) is 6.73. The summed E-state index contributed by atoms with van der Waals surface area (Å²) in [5.74, 6) is 0.543. The van der Waals surface area contributed by atoms with E-state index in [1.807, 2.05) is 0 Å². The van der Waals surface area contributed by atoms with Crippen LogP contribution in [0.2, 0.25) is 0 Å². The molecule has 2 N–H and O–H groups in total. The number of nitrogens with zero attached hydrogens (tertiary/aromatic N) is 1. The number of hydrogen-bond acceptors (Lipinski definition) is 6. The van der Waals surface area contributed by atoms with Crippen molar-refractivity contribution in [3.05, 3.63) is 17.6 Å². The van der Waals surface area contributed by atoms with Crippen molar-refractivity contribution in [2.24, 2.45) is 0 Å². The number of morpholine rings is 1. The number of rotatable bonds is 7. The minimum atomic E-state index is -3.58. The lowest BCUT2D eigenvalue weighted by molar-refractivity contribution is 0.0376. The fraction of sp³-hybridized carbons (Fsp3) is 0.692. The average Bonchev–Trinajstić information content (AvgIpc) is 2.87. The van der Waals surface area contributed by atoms with Crippen molar-refractivity contribution in [2.75, 3.05) is 39.4 Å². The second kappa shape index (κ2) is 7.37. The third-order valence-corrected chi connectivity index (χ3v) is 4.98. The van der Waals surface area contributed by atoms with Crippen LogP contribution in [-0.4, -0.2) is 57.8 Å². The van der Waals surface area contributed by atoms with Crippen LogP contribution in [-0.2, 0) is 21.4 Å². The summed E-state index contributed by atoms with van der Waals surface area (Å²) in [4.78, 5) is 2.35. The molecule has 0 spiro atoms. The maximum atomic E-state index is 12.1. The van der Waals surface area contributed by atoms with Crippen molar-refractivity contribution in [2.45, 2.75) is 24.8 Å². The monoisotopic (exact) mass is 318 g/mol. The van der Waals surface area contributed by atoms with Gasteiger partial charge in [-0.05, 0) is 19.9 Å². The Kier molecular flexibility index (Phi) is 5.77. The van der Waals surface area contributed by atoms with E-state index in [9.17, 15) is 8.42 Å². The zero-order valence-electron chi connectivity index (χ0n) is 12.2. The summed E-state index contributed by atoms with van der Waals surface area (Å²) in [5.41, 5.74) is 0. The van der Waals surface area contributed by atoms with Crippen molar-refractivity contribution in [1.29, 1.82) is 0 Å².